The van der Waals surface area contributed by atoms with Crippen molar-refractivity contribution in [3.05, 3.63) is 193 Å². The van der Waals surface area contributed by atoms with Crippen molar-refractivity contribution in [2.45, 2.75) is 30.7 Å². The Morgan fingerprint density at radius 3 is 1.02 bits per heavy atom. The summed E-state index contributed by atoms with van der Waals surface area (Å²) in [7, 11) is -12.6. The molecule has 58 heavy (non-hydrogen) atoms. The van der Waals surface area contributed by atoms with Gasteiger partial charge in [0.2, 0.25) is 0 Å². The third-order valence-corrected chi connectivity index (χ3v) is 12.4. The summed E-state index contributed by atoms with van der Waals surface area (Å²) in [5, 5.41) is 0. The Balaban J connectivity index is 0.000000393. The van der Waals surface area contributed by atoms with Gasteiger partial charge < -0.3 is 14.0 Å². The Morgan fingerprint density at radius 2 is 0.741 bits per heavy atom. The van der Waals surface area contributed by atoms with Crippen molar-refractivity contribution in [1.82, 2.24) is 0 Å². The average Bonchev–Trinajstić information content (AvgIpc) is 3.19. The standard InChI is InChI=1S/C38H30O2S2.2CHF3O3S/c41-38(32-21-9-2-10-22-32,42(35-27-15-5-16-28-35)36-29-17-6-18-30-36)37(31-19-7-1-8-20-31,39-33-23-11-3-12-24-33)40-34-25-13-4-14-26-34;2*2-1(3,4)8(5,6)7/h1-30H;2*(H,5,6,7). The number of para-hydroxylation sites is 2. The number of ether oxygens (including phenoxy) is 2. The minimum Gasteiger partial charge on any atom is -0.741 e. The van der Waals surface area contributed by atoms with Crippen molar-refractivity contribution >= 4 is 43.8 Å². The quantitative estimate of drug-likeness (QED) is 0.0348. The highest BCUT2D eigenvalue weighted by molar-refractivity contribution is 8.09. The maximum Gasteiger partial charge on any atom is 0.522 e. The van der Waals surface area contributed by atoms with E-state index < -0.39 is 52.0 Å². The molecule has 6 rings (SSSR count). The number of thiol groups is 1. The molecule has 0 aromatic heterocycles. The van der Waals surface area contributed by atoms with Crippen molar-refractivity contribution in [3.63, 3.8) is 0 Å². The van der Waals surface area contributed by atoms with Crippen LogP contribution in [0.5, 0.6) is 11.5 Å². The van der Waals surface area contributed by atoms with Crippen LogP contribution in [-0.4, -0.2) is 37.0 Å². The van der Waals surface area contributed by atoms with Crippen LogP contribution in [0.4, 0.5) is 26.3 Å². The van der Waals surface area contributed by atoms with Gasteiger partial charge >= 0.3 is 26.9 Å². The molecule has 1 N–H and O–H groups in total. The van der Waals surface area contributed by atoms with Crippen LogP contribution in [0.1, 0.15) is 11.1 Å². The molecule has 0 fully saturated rings. The lowest BCUT2D eigenvalue weighted by Crippen LogP contribution is -2.58. The van der Waals surface area contributed by atoms with Crippen molar-refractivity contribution in [3.8, 4) is 11.5 Å². The maximum atomic E-state index is 10.7. The zero-order valence-electron chi connectivity index (χ0n) is 29.6. The van der Waals surface area contributed by atoms with Crippen LogP contribution in [0.2, 0.25) is 0 Å². The maximum absolute atomic E-state index is 10.7. The van der Waals surface area contributed by atoms with Crippen LogP contribution in [0.3, 0.4) is 0 Å². The fourth-order valence-corrected chi connectivity index (χ4v) is 8.79. The Labute approximate surface area is 339 Å². The van der Waals surface area contributed by atoms with Gasteiger partial charge in [0.05, 0.1) is 10.9 Å². The van der Waals surface area contributed by atoms with E-state index in [4.69, 9.17) is 48.0 Å². The van der Waals surface area contributed by atoms with Gasteiger partial charge in [-0.1, -0.05) is 133 Å². The number of halogens is 6. The van der Waals surface area contributed by atoms with Gasteiger partial charge in [0, 0.05) is 11.1 Å². The van der Waals surface area contributed by atoms with Crippen LogP contribution >= 0.6 is 12.6 Å². The summed E-state index contributed by atoms with van der Waals surface area (Å²) in [6.45, 7) is 0. The zero-order valence-corrected chi connectivity index (χ0v) is 32.9. The van der Waals surface area contributed by atoms with Crippen LogP contribution in [0, 0.1) is 0 Å². The number of hydrogen-bond acceptors (Lipinski definition) is 8. The predicted molar refractivity (Wildman–Crippen MR) is 210 cm³/mol. The van der Waals surface area contributed by atoms with Gasteiger partial charge in [-0.25, -0.2) is 8.42 Å². The van der Waals surface area contributed by atoms with Crippen molar-refractivity contribution in [1.29, 1.82) is 0 Å². The van der Waals surface area contributed by atoms with E-state index in [1.807, 2.05) is 97.1 Å². The fraction of sp³-hybridized carbons (Fsp3) is 0.100. The largest absolute Gasteiger partial charge is 0.741 e. The van der Waals surface area contributed by atoms with Crippen molar-refractivity contribution in [2.24, 2.45) is 0 Å². The Kier molecular flexibility index (Phi) is 15.1. The Bertz CT molecular complexity index is 2220. The average molecular weight is 883 g/mol. The third-order valence-electron chi connectivity index (χ3n) is 7.60. The molecule has 1 atom stereocenters. The lowest BCUT2D eigenvalue weighted by atomic mass is 9.95. The third kappa shape index (κ3) is 11.4. The first-order valence-electron chi connectivity index (χ1n) is 16.4. The minimum atomic E-state index is -6.09. The molecule has 18 heteroatoms. The topological polar surface area (TPSA) is 130 Å². The molecule has 0 saturated carbocycles. The highest BCUT2D eigenvalue weighted by atomic mass is 32.2. The van der Waals surface area contributed by atoms with Crippen LogP contribution < -0.4 is 9.47 Å². The molecule has 0 radical (unpaired) electrons. The lowest BCUT2D eigenvalue weighted by Gasteiger charge is -2.45. The molecule has 0 bridgehead atoms. The van der Waals surface area contributed by atoms with Crippen molar-refractivity contribution < 1.29 is 61.8 Å². The molecule has 8 nitrogen and oxygen atoms in total. The monoisotopic (exact) mass is 882 g/mol. The van der Waals surface area contributed by atoms with Crippen LogP contribution in [-0.2, 0) is 41.0 Å². The van der Waals surface area contributed by atoms with E-state index >= 15 is 0 Å². The van der Waals surface area contributed by atoms with Gasteiger partial charge in [-0.2, -0.15) is 34.8 Å². The molecule has 0 amide bonds. The van der Waals surface area contributed by atoms with E-state index in [1.165, 1.54) is 0 Å². The second kappa shape index (κ2) is 19.2. The second-order valence-electron chi connectivity index (χ2n) is 11.6. The minimum absolute atomic E-state index is 0.677. The molecule has 0 aliphatic rings. The summed E-state index contributed by atoms with van der Waals surface area (Å²) < 4.78 is 130. The number of rotatable bonds is 10. The molecule has 0 spiro atoms. The SMILES string of the molecule is O=S(=O)(O)C(F)(F)F.O=S(=O)([O-])C(F)(F)F.SC(c1ccccc1)([S+](c1ccccc1)c1ccccc1)C(Oc1ccccc1)(Oc1ccccc1)c1ccccc1. The van der Waals surface area contributed by atoms with Gasteiger partial charge in [0.15, 0.2) is 19.9 Å². The molecular formula is C40H32F6O8S4. The summed E-state index contributed by atoms with van der Waals surface area (Å²) in [5.74, 6) is -0.0800. The first kappa shape index (κ1) is 45.7. The summed E-state index contributed by atoms with van der Waals surface area (Å²) >= 11 is 5.84. The van der Waals surface area contributed by atoms with E-state index in [2.05, 4.69) is 84.9 Å². The molecular weight excluding hydrogens is 851 g/mol. The molecule has 6 aromatic carbocycles. The number of benzene rings is 6. The molecule has 0 aliphatic carbocycles. The van der Waals surface area contributed by atoms with Gasteiger partial charge in [-0.05, 0) is 48.5 Å². The van der Waals surface area contributed by atoms with Gasteiger partial charge in [0.1, 0.15) is 11.5 Å². The molecule has 0 saturated heterocycles. The highest BCUT2D eigenvalue weighted by Gasteiger charge is 2.69. The summed E-state index contributed by atoms with van der Waals surface area (Å²) in [6, 6.07) is 61.4. The lowest BCUT2D eigenvalue weighted by molar-refractivity contribution is -0.133. The zero-order chi connectivity index (χ0) is 42.7. The second-order valence-corrected chi connectivity index (χ2v) is 17.5. The van der Waals surface area contributed by atoms with E-state index in [0.29, 0.717) is 11.5 Å². The molecule has 0 heterocycles. The Hall–Kier alpha value is -4.98. The van der Waals surface area contributed by atoms with Crippen LogP contribution in [0.15, 0.2) is 192 Å². The molecule has 306 valence electrons. The molecule has 1 unspecified atom stereocenters. The first-order valence-corrected chi connectivity index (χ1v) is 20.9. The van der Waals surface area contributed by atoms with E-state index in [1.54, 1.807) is 0 Å². The summed E-state index contributed by atoms with van der Waals surface area (Å²) in [4.78, 5) is 2.24. The van der Waals surface area contributed by atoms with E-state index in [9.17, 15) is 26.3 Å². The Morgan fingerprint density at radius 1 is 0.483 bits per heavy atom. The normalized spacial score (nSPS) is 13.1. The molecule has 6 aromatic rings. The van der Waals surface area contributed by atoms with Crippen LogP contribution in [0.25, 0.3) is 0 Å². The summed E-state index contributed by atoms with van der Waals surface area (Å²) in [6.07, 6.45) is 0. The van der Waals surface area contributed by atoms with Crippen molar-refractivity contribution in [2.75, 3.05) is 0 Å². The van der Waals surface area contributed by atoms with E-state index in [0.717, 1.165) is 20.9 Å². The number of hydrogen-bond donors (Lipinski definition) is 2. The van der Waals surface area contributed by atoms with Gasteiger partial charge in [-0.3, -0.25) is 4.55 Å². The van der Waals surface area contributed by atoms with Gasteiger partial charge in [0.25, 0.3) is 4.08 Å². The highest BCUT2D eigenvalue weighted by Crippen LogP contribution is 2.57. The van der Waals surface area contributed by atoms with Gasteiger partial charge in [-0.15, -0.1) is 12.6 Å². The number of alkyl halides is 6. The smallest absolute Gasteiger partial charge is 0.522 e. The molecule has 0 aliphatic heterocycles. The van der Waals surface area contributed by atoms with E-state index in [-0.39, 0.29) is 0 Å². The predicted octanol–water partition coefficient (Wildman–Crippen LogP) is 9.96. The summed E-state index contributed by atoms with van der Waals surface area (Å²) in [5.41, 5.74) is -9.36. The fourth-order valence-electron chi connectivity index (χ4n) is 5.14. The first-order chi connectivity index (χ1) is 27.2.